The van der Waals surface area contributed by atoms with Crippen molar-refractivity contribution in [1.82, 2.24) is 9.80 Å². The number of hydrogen-bond donors (Lipinski definition) is 2. The van der Waals surface area contributed by atoms with Gasteiger partial charge in [0.05, 0.1) is 6.54 Å². The molecular weight excluding hydrogens is 264 g/mol. The summed E-state index contributed by atoms with van der Waals surface area (Å²) >= 11 is 0. The summed E-state index contributed by atoms with van der Waals surface area (Å²) < 4.78 is 0. The summed E-state index contributed by atoms with van der Waals surface area (Å²) in [6, 6.07) is 8.27. The van der Waals surface area contributed by atoms with Crippen molar-refractivity contribution in [3.8, 4) is 0 Å². The molecule has 1 fully saturated rings. The Kier molecular flexibility index (Phi) is 5.73. The largest absolute Gasteiger partial charge is 0.326 e. The van der Waals surface area contributed by atoms with Crippen LogP contribution in [0.1, 0.15) is 19.4 Å². The Morgan fingerprint density at radius 3 is 2.52 bits per heavy atom. The molecule has 0 saturated carbocycles. The van der Waals surface area contributed by atoms with Crippen molar-refractivity contribution in [2.75, 3.05) is 38.0 Å². The van der Waals surface area contributed by atoms with Crippen LogP contribution in [-0.2, 0) is 11.3 Å². The predicted molar refractivity (Wildman–Crippen MR) is 86.1 cm³/mol. The van der Waals surface area contributed by atoms with Gasteiger partial charge in [0.1, 0.15) is 0 Å². The number of carbonyl (C=O) groups is 1. The Morgan fingerprint density at radius 1 is 1.24 bits per heavy atom. The lowest BCUT2D eigenvalue weighted by atomic mass is 10.2. The monoisotopic (exact) mass is 290 g/mol. The van der Waals surface area contributed by atoms with Gasteiger partial charge in [-0.2, -0.15) is 0 Å². The molecule has 1 aliphatic heterocycles. The average molecular weight is 290 g/mol. The summed E-state index contributed by atoms with van der Waals surface area (Å²) in [5.74, 6) is 0.0360. The molecule has 0 spiro atoms. The normalized spacial score (nSPS) is 17.1. The second kappa shape index (κ2) is 7.54. The fourth-order valence-corrected chi connectivity index (χ4v) is 2.65. The summed E-state index contributed by atoms with van der Waals surface area (Å²) in [4.78, 5) is 16.8. The van der Waals surface area contributed by atoms with E-state index < -0.39 is 0 Å². The van der Waals surface area contributed by atoms with E-state index >= 15 is 0 Å². The molecule has 0 radical (unpaired) electrons. The van der Waals surface area contributed by atoms with Crippen molar-refractivity contribution >= 4 is 11.6 Å². The molecule has 21 heavy (non-hydrogen) atoms. The smallest absolute Gasteiger partial charge is 0.238 e. The maximum atomic E-state index is 12.2. The molecule has 2 rings (SSSR count). The van der Waals surface area contributed by atoms with E-state index in [9.17, 15) is 4.79 Å². The van der Waals surface area contributed by atoms with Crippen LogP contribution in [0.2, 0.25) is 0 Å². The lowest BCUT2D eigenvalue weighted by Gasteiger charge is -2.36. The fraction of sp³-hybridized carbons (Fsp3) is 0.562. The van der Waals surface area contributed by atoms with Crippen LogP contribution in [0.5, 0.6) is 0 Å². The van der Waals surface area contributed by atoms with Crippen molar-refractivity contribution in [1.29, 1.82) is 0 Å². The number of anilines is 1. The number of rotatable bonds is 5. The van der Waals surface area contributed by atoms with Crippen LogP contribution in [0, 0.1) is 0 Å². The number of hydrogen-bond acceptors (Lipinski definition) is 4. The number of nitrogens with two attached hydrogens (primary N) is 1. The standard InChI is InChI=1S/C16H26N4O/c1-13(2)20-9-7-19(8-10-20)12-16(21)18-15-6-4-3-5-14(15)11-17/h3-6,13H,7-12,17H2,1-2H3,(H,18,21). The molecule has 0 aliphatic carbocycles. The molecule has 3 N–H and O–H groups in total. The van der Waals surface area contributed by atoms with Crippen LogP contribution < -0.4 is 11.1 Å². The summed E-state index contributed by atoms with van der Waals surface area (Å²) in [6.45, 7) is 9.27. The fourth-order valence-electron chi connectivity index (χ4n) is 2.65. The maximum Gasteiger partial charge on any atom is 0.238 e. The van der Waals surface area contributed by atoms with Crippen LogP contribution in [-0.4, -0.2) is 54.5 Å². The Hall–Kier alpha value is -1.43. The van der Waals surface area contributed by atoms with Gasteiger partial charge in [0.2, 0.25) is 5.91 Å². The summed E-state index contributed by atoms with van der Waals surface area (Å²) in [6.07, 6.45) is 0. The van der Waals surface area contributed by atoms with Gasteiger partial charge in [0.25, 0.3) is 0 Å². The van der Waals surface area contributed by atoms with E-state index in [2.05, 4.69) is 29.0 Å². The predicted octanol–water partition coefficient (Wildman–Crippen LogP) is 1.11. The number of benzene rings is 1. The van der Waals surface area contributed by atoms with Crippen LogP contribution in [0.3, 0.4) is 0 Å². The highest BCUT2D eigenvalue weighted by Gasteiger charge is 2.20. The zero-order valence-corrected chi connectivity index (χ0v) is 13.0. The summed E-state index contributed by atoms with van der Waals surface area (Å²) in [5, 5.41) is 2.97. The van der Waals surface area contributed by atoms with Crippen LogP contribution >= 0.6 is 0 Å². The Labute approximate surface area is 127 Å². The number of nitrogens with one attached hydrogen (secondary N) is 1. The molecule has 1 aliphatic rings. The zero-order valence-electron chi connectivity index (χ0n) is 13.0. The molecular formula is C16H26N4O. The van der Waals surface area contributed by atoms with Crippen LogP contribution in [0.4, 0.5) is 5.69 Å². The van der Waals surface area contributed by atoms with Crippen LogP contribution in [0.15, 0.2) is 24.3 Å². The van der Waals surface area contributed by atoms with Gasteiger partial charge in [-0.3, -0.25) is 14.6 Å². The van der Waals surface area contributed by atoms with Gasteiger partial charge in [0, 0.05) is 44.5 Å². The van der Waals surface area contributed by atoms with Crippen molar-refractivity contribution in [3.05, 3.63) is 29.8 Å². The Morgan fingerprint density at radius 2 is 1.90 bits per heavy atom. The Bertz CT molecular complexity index is 467. The van der Waals surface area contributed by atoms with Gasteiger partial charge in [-0.1, -0.05) is 18.2 Å². The van der Waals surface area contributed by atoms with Gasteiger partial charge < -0.3 is 11.1 Å². The molecule has 0 unspecified atom stereocenters. The van der Waals surface area contributed by atoms with Gasteiger partial charge >= 0.3 is 0 Å². The molecule has 1 saturated heterocycles. The van der Waals surface area contributed by atoms with Gasteiger partial charge in [-0.15, -0.1) is 0 Å². The highest BCUT2D eigenvalue weighted by molar-refractivity contribution is 5.93. The lowest BCUT2D eigenvalue weighted by molar-refractivity contribution is -0.117. The first-order chi connectivity index (χ1) is 10.1. The highest BCUT2D eigenvalue weighted by Crippen LogP contribution is 2.14. The first-order valence-electron chi connectivity index (χ1n) is 7.64. The highest BCUT2D eigenvalue weighted by atomic mass is 16.2. The van der Waals surface area contributed by atoms with E-state index in [1.54, 1.807) is 0 Å². The van der Waals surface area contributed by atoms with Gasteiger partial charge in [-0.05, 0) is 25.5 Å². The SMILES string of the molecule is CC(C)N1CCN(CC(=O)Nc2ccccc2CN)CC1. The second-order valence-corrected chi connectivity index (χ2v) is 5.82. The topological polar surface area (TPSA) is 61.6 Å². The minimum Gasteiger partial charge on any atom is -0.326 e. The molecule has 0 bridgehead atoms. The third kappa shape index (κ3) is 4.52. The van der Waals surface area contributed by atoms with E-state index in [1.807, 2.05) is 24.3 Å². The lowest BCUT2D eigenvalue weighted by Crippen LogP contribution is -2.50. The van der Waals surface area contributed by atoms with Gasteiger partial charge in [0.15, 0.2) is 0 Å². The van der Waals surface area contributed by atoms with E-state index in [0.29, 0.717) is 19.1 Å². The minimum atomic E-state index is 0.0360. The first-order valence-corrected chi connectivity index (χ1v) is 7.64. The molecule has 1 heterocycles. The van der Waals surface area contributed by atoms with E-state index in [1.165, 1.54) is 0 Å². The van der Waals surface area contributed by atoms with E-state index in [0.717, 1.165) is 37.4 Å². The van der Waals surface area contributed by atoms with Crippen molar-refractivity contribution in [3.63, 3.8) is 0 Å². The summed E-state index contributed by atoms with van der Waals surface area (Å²) in [5.41, 5.74) is 7.48. The molecule has 1 amide bonds. The molecule has 5 nitrogen and oxygen atoms in total. The zero-order chi connectivity index (χ0) is 15.2. The maximum absolute atomic E-state index is 12.2. The minimum absolute atomic E-state index is 0.0360. The van der Waals surface area contributed by atoms with Crippen molar-refractivity contribution in [2.24, 2.45) is 5.73 Å². The molecule has 5 heteroatoms. The molecule has 116 valence electrons. The number of nitrogens with zero attached hydrogens (tertiary/aromatic N) is 2. The molecule has 0 aromatic heterocycles. The van der Waals surface area contributed by atoms with E-state index in [4.69, 9.17) is 5.73 Å². The number of carbonyl (C=O) groups excluding carboxylic acids is 1. The van der Waals surface area contributed by atoms with Crippen LogP contribution in [0.25, 0.3) is 0 Å². The van der Waals surface area contributed by atoms with Crippen molar-refractivity contribution < 1.29 is 4.79 Å². The molecule has 0 atom stereocenters. The quantitative estimate of drug-likeness (QED) is 0.853. The van der Waals surface area contributed by atoms with Gasteiger partial charge in [-0.25, -0.2) is 0 Å². The number of amides is 1. The third-order valence-electron chi connectivity index (χ3n) is 4.02. The third-order valence-corrected chi connectivity index (χ3v) is 4.02. The molecule has 1 aromatic rings. The van der Waals surface area contributed by atoms with Crippen molar-refractivity contribution in [2.45, 2.75) is 26.4 Å². The number of piperazine rings is 1. The first kappa shape index (κ1) is 15.9. The Balaban J connectivity index is 1.83. The summed E-state index contributed by atoms with van der Waals surface area (Å²) in [7, 11) is 0. The molecule has 1 aromatic carbocycles. The van der Waals surface area contributed by atoms with E-state index in [-0.39, 0.29) is 5.91 Å². The average Bonchev–Trinajstić information content (AvgIpc) is 2.48. The number of para-hydroxylation sites is 1. The second-order valence-electron chi connectivity index (χ2n) is 5.82.